The zero-order valence-corrected chi connectivity index (χ0v) is 11.2. The average molecular weight is 222 g/mol. The quantitative estimate of drug-likeness (QED) is 0.363. The summed E-state index contributed by atoms with van der Waals surface area (Å²) in [4.78, 5) is 0. The second kappa shape index (κ2) is 8.84. The lowest BCUT2D eigenvalue weighted by Gasteiger charge is -2.26. The maximum atomic E-state index is 3.91. The molecule has 0 heteroatoms. The molecule has 0 heterocycles. The molecule has 0 amide bonds. The largest absolute Gasteiger partial charge is 0.103 e. The third kappa shape index (κ3) is 5.72. The SMILES string of the molecule is C=CC1CCC(CCCCCCCC)CC1. The maximum absolute atomic E-state index is 3.91. The Morgan fingerprint density at radius 3 is 2.19 bits per heavy atom. The van der Waals surface area contributed by atoms with E-state index in [0.29, 0.717) is 0 Å². The first kappa shape index (κ1) is 13.8. The van der Waals surface area contributed by atoms with Gasteiger partial charge in [-0.05, 0) is 37.5 Å². The molecule has 0 N–H and O–H groups in total. The van der Waals surface area contributed by atoms with Crippen LogP contribution in [0.25, 0.3) is 0 Å². The number of rotatable bonds is 8. The van der Waals surface area contributed by atoms with Gasteiger partial charge >= 0.3 is 0 Å². The van der Waals surface area contributed by atoms with Crippen LogP contribution in [0.15, 0.2) is 12.7 Å². The van der Waals surface area contributed by atoms with E-state index in [9.17, 15) is 0 Å². The van der Waals surface area contributed by atoms with Gasteiger partial charge in [0.05, 0.1) is 0 Å². The van der Waals surface area contributed by atoms with Gasteiger partial charge in [-0.25, -0.2) is 0 Å². The van der Waals surface area contributed by atoms with Crippen molar-refractivity contribution in [3.63, 3.8) is 0 Å². The smallest absolute Gasteiger partial charge is 0.0236 e. The first-order valence-electron chi connectivity index (χ1n) is 7.49. The molecule has 0 aromatic heterocycles. The third-order valence-electron chi connectivity index (χ3n) is 4.19. The van der Waals surface area contributed by atoms with E-state index < -0.39 is 0 Å². The predicted molar refractivity (Wildman–Crippen MR) is 73.6 cm³/mol. The first-order valence-corrected chi connectivity index (χ1v) is 7.49. The second-order valence-electron chi connectivity index (χ2n) is 5.57. The lowest BCUT2D eigenvalue weighted by molar-refractivity contribution is 0.289. The molecule has 1 aliphatic carbocycles. The molecule has 0 aromatic carbocycles. The van der Waals surface area contributed by atoms with Crippen molar-refractivity contribution in [1.82, 2.24) is 0 Å². The lowest BCUT2D eigenvalue weighted by Crippen LogP contribution is -2.12. The van der Waals surface area contributed by atoms with E-state index in [2.05, 4.69) is 19.6 Å². The second-order valence-corrected chi connectivity index (χ2v) is 5.57. The van der Waals surface area contributed by atoms with Crippen LogP contribution in [0.4, 0.5) is 0 Å². The van der Waals surface area contributed by atoms with Crippen LogP contribution in [0.3, 0.4) is 0 Å². The summed E-state index contributed by atoms with van der Waals surface area (Å²) < 4.78 is 0. The molecule has 1 aliphatic rings. The van der Waals surface area contributed by atoms with Gasteiger partial charge in [0.2, 0.25) is 0 Å². The van der Waals surface area contributed by atoms with Gasteiger partial charge in [0.25, 0.3) is 0 Å². The van der Waals surface area contributed by atoms with E-state index in [1.165, 1.54) is 70.6 Å². The van der Waals surface area contributed by atoms with Crippen LogP contribution in [-0.2, 0) is 0 Å². The number of hydrogen-bond donors (Lipinski definition) is 0. The molecule has 0 aromatic rings. The van der Waals surface area contributed by atoms with Crippen LogP contribution < -0.4 is 0 Å². The minimum Gasteiger partial charge on any atom is -0.103 e. The molecule has 1 rings (SSSR count). The van der Waals surface area contributed by atoms with Gasteiger partial charge < -0.3 is 0 Å². The molecule has 16 heavy (non-hydrogen) atoms. The summed E-state index contributed by atoms with van der Waals surface area (Å²) >= 11 is 0. The highest BCUT2D eigenvalue weighted by atomic mass is 14.2. The van der Waals surface area contributed by atoms with Gasteiger partial charge in [-0.2, -0.15) is 0 Å². The summed E-state index contributed by atoms with van der Waals surface area (Å²) in [6.07, 6.45) is 18.1. The number of unbranched alkanes of at least 4 members (excludes halogenated alkanes) is 5. The molecule has 1 saturated carbocycles. The van der Waals surface area contributed by atoms with E-state index in [1.807, 2.05) is 0 Å². The molecular weight excluding hydrogens is 192 g/mol. The topological polar surface area (TPSA) is 0 Å². The zero-order valence-electron chi connectivity index (χ0n) is 11.2. The van der Waals surface area contributed by atoms with Crippen molar-refractivity contribution in [3.8, 4) is 0 Å². The minimum absolute atomic E-state index is 0.834. The van der Waals surface area contributed by atoms with Crippen molar-refractivity contribution < 1.29 is 0 Å². The van der Waals surface area contributed by atoms with Crippen molar-refractivity contribution in [2.75, 3.05) is 0 Å². The normalized spacial score (nSPS) is 25.6. The third-order valence-corrected chi connectivity index (χ3v) is 4.19. The molecule has 0 radical (unpaired) electrons. The monoisotopic (exact) mass is 222 g/mol. The molecule has 1 fully saturated rings. The maximum Gasteiger partial charge on any atom is -0.0236 e. The Morgan fingerprint density at radius 1 is 0.938 bits per heavy atom. The highest BCUT2D eigenvalue weighted by Crippen LogP contribution is 2.32. The van der Waals surface area contributed by atoms with Gasteiger partial charge in [-0.15, -0.1) is 6.58 Å². The van der Waals surface area contributed by atoms with Crippen molar-refractivity contribution >= 4 is 0 Å². The molecule has 0 saturated heterocycles. The molecular formula is C16H30. The minimum atomic E-state index is 0.834. The Bertz CT molecular complexity index is 163. The first-order chi connectivity index (χ1) is 7.86. The molecule has 0 spiro atoms. The van der Waals surface area contributed by atoms with Crippen LogP contribution in [-0.4, -0.2) is 0 Å². The Morgan fingerprint density at radius 2 is 1.56 bits per heavy atom. The van der Waals surface area contributed by atoms with Crippen molar-refractivity contribution in [2.45, 2.75) is 77.6 Å². The highest BCUT2D eigenvalue weighted by Gasteiger charge is 2.18. The summed E-state index contributed by atoms with van der Waals surface area (Å²) in [5, 5.41) is 0. The predicted octanol–water partition coefficient (Wildman–Crippen LogP) is 5.73. The fourth-order valence-corrected chi connectivity index (χ4v) is 2.93. The summed E-state index contributed by atoms with van der Waals surface area (Å²) in [7, 11) is 0. The van der Waals surface area contributed by atoms with E-state index in [1.54, 1.807) is 0 Å². The summed E-state index contributed by atoms with van der Waals surface area (Å²) in [5.41, 5.74) is 0. The van der Waals surface area contributed by atoms with Crippen LogP contribution in [0, 0.1) is 11.8 Å². The molecule has 0 atom stereocenters. The number of allylic oxidation sites excluding steroid dienone is 1. The fraction of sp³-hybridized carbons (Fsp3) is 0.875. The Labute approximate surface area is 103 Å². The average Bonchev–Trinajstić information content (AvgIpc) is 2.34. The van der Waals surface area contributed by atoms with E-state index in [-0.39, 0.29) is 0 Å². The van der Waals surface area contributed by atoms with Crippen molar-refractivity contribution in [1.29, 1.82) is 0 Å². The van der Waals surface area contributed by atoms with Crippen LogP contribution in [0.5, 0.6) is 0 Å². The summed E-state index contributed by atoms with van der Waals surface area (Å²) in [6.45, 7) is 6.20. The van der Waals surface area contributed by atoms with Gasteiger partial charge in [0.1, 0.15) is 0 Å². The van der Waals surface area contributed by atoms with Gasteiger partial charge in [0.15, 0.2) is 0 Å². The zero-order chi connectivity index (χ0) is 11.6. The molecule has 0 aliphatic heterocycles. The number of hydrogen-bond acceptors (Lipinski definition) is 0. The Hall–Kier alpha value is -0.260. The summed E-state index contributed by atoms with van der Waals surface area (Å²) in [5.74, 6) is 1.88. The highest BCUT2D eigenvalue weighted by molar-refractivity contribution is 4.83. The Kier molecular flexibility index (Phi) is 7.63. The van der Waals surface area contributed by atoms with E-state index in [0.717, 1.165) is 11.8 Å². The Balaban J connectivity index is 1.92. The molecule has 0 nitrogen and oxygen atoms in total. The fourth-order valence-electron chi connectivity index (χ4n) is 2.93. The lowest BCUT2D eigenvalue weighted by atomic mass is 9.80. The van der Waals surface area contributed by atoms with Crippen LogP contribution >= 0.6 is 0 Å². The van der Waals surface area contributed by atoms with Crippen LogP contribution in [0.2, 0.25) is 0 Å². The van der Waals surface area contributed by atoms with Gasteiger partial charge in [-0.3, -0.25) is 0 Å². The standard InChI is InChI=1S/C16H30/c1-3-5-6-7-8-9-10-16-13-11-15(4-2)12-14-16/h4,15-16H,2-3,5-14H2,1H3. The molecule has 94 valence electrons. The molecule has 0 unspecified atom stereocenters. The van der Waals surface area contributed by atoms with Crippen LogP contribution in [0.1, 0.15) is 77.6 Å². The van der Waals surface area contributed by atoms with Gasteiger partial charge in [-0.1, -0.05) is 57.9 Å². The molecule has 0 bridgehead atoms. The van der Waals surface area contributed by atoms with Crippen molar-refractivity contribution in [2.24, 2.45) is 11.8 Å². The van der Waals surface area contributed by atoms with Gasteiger partial charge in [0, 0.05) is 0 Å². The van der Waals surface area contributed by atoms with E-state index in [4.69, 9.17) is 0 Å². The summed E-state index contributed by atoms with van der Waals surface area (Å²) in [6, 6.07) is 0. The van der Waals surface area contributed by atoms with E-state index >= 15 is 0 Å². The van der Waals surface area contributed by atoms with Crippen molar-refractivity contribution in [3.05, 3.63) is 12.7 Å².